The van der Waals surface area contributed by atoms with E-state index in [9.17, 15) is 17.6 Å². The minimum absolute atomic E-state index is 0.107. The summed E-state index contributed by atoms with van der Waals surface area (Å²) in [5.41, 5.74) is 0.952. The SMILES string of the molecule is O=C(NCCc1ccc(F)cc1)C1CN(S(=O)(=O)C2CC2)C1. The molecule has 1 saturated heterocycles. The van der Waals surface area contributed by atoms with Crippen molar-refractivity contribution in [2.45, 2.75) is 24.5 Å². The third kappa shape index (κ3) is 3.30. The average molecular weight is 326 g/mol. The van der Waals surface area contributed by atoms with E-state index in [0.29, 0.717) is 26.1 Å². The van der Waals surface area contributed by atoms with E-state index in [1.165, 1.54) is 16.4 Å². The Hall–Kier alpha value is -1.47. The van der Waals surface area contributed by atoms with Crippen LogP contribution in [0.15, 0.2) is 24.3 Å². The third-order valence-electron chi connectivity index (χ3n) is 4.15. The lowest BCUT2D eigenvalue weighted by molar-refractivity contribution is -0.128. The number of benzene rings is 1. The first-order chi connectivity index (χ1) is 10.5. The lowest BCUT2D eigenvalue weighted by Gasteiger charge is -2.37. The molecule has 1 heterocycles. The van der Waals surface area contributed by atoms with Crippen LogP contribution in [0.25, 0.3) is 0 Å². The summed E-state index contributed by atoms with van der Waals surface area (Å²) >= 11 is 0. The molecule has 0 aromatic heterocycles. The molecule has 7 heteroatoms. The number of amides is 1. The maximum Gasteiger partial charge on any atom is 0.225 e. The van der Waals surface area contributed by atoms with E-state index in [1.807, 2.05) is 0 Å². The number of nitrogens with one attached hydrogen (secondary N) is 1. The molecule has 0 bridgehead atoms. The lowest BCUT2D eigenvalue weighted by atomic mass is 10.0. The quantitative estimate of drug-likeness (QED) is 0.845. The second-order valence-electron chi connectivity index (χ2n) is 5.93. The monoisotopic (exact) mass is 326 g/mol. The van der Waals surface area contributed by atoms with Crippen LogP contribution in [0.1, 0.15) is 18.4 Å². The highest BCUT2D eigenvalue weighted by molar-refractivity contribution is 7.90. The van der Waals surface area contributed by atoms with Crippen LogP contribution >= 0.6 is 0 Å². The number of rotatable bonds is 6. The Morgan fingerprint density at radius 1 is 1.23 bits per heavy atom. The first kappa shape index (κ1) is 15.4. The van der Waals surface area contributed by atoms with Gasteiger partial charge in [0.25, 0.3) is 0 Å². The van der Waals surface area contributed by atoms with Crippen LogP contribution in [0.5, 0.6) is 0 Å². The molecule has 2 aliphatic rings. The van der Waals surface area contributed by atoms with Gasteiger partial charge in [-0.15, -0.1) is 0 Å². The van der Waals surface area contributed by atoms with Gasteiger partial charge in [-0.05, 0) is 37.0 Å². The van der Waals surface area contributed by atoms with Gasteiger partial charge in [-0.3, -0.25) is 4.79 Å². The Balaban J connectivity index is 1.39. The van der Waals surface area contributed by atoms with Crippen LogP contribution in [0.4, 0.5) is 4.39 Å². The molecule has 120 valence electrons. The highest BCUT2D eigenvalue weighted by Gasteiger charge is 2.46. The second-order valence-corrected chi connectivity index (χ2v) is 8.14. The summed E-state index contributed by atoms with van der Waals surface area (Å²) in [5, 5.41) is 2.60. The standard InChI is InChI=1S/C15H19FN2O3S/c16-13-3-1-11(2-4-13)7-8-17-15(19)12-9-18(10-12)22(20,21)14-5-6-14/h1-4,12,14H,5-10H2,(H,17,19). The van der Waals surface area contributed by atoms with E-state index >= 15 is 0 Å². The van der Waals surface area contributed by atoms with Gasteiger partial charge in [-0.25, -0.2) is 12.8 Å². The van der Waals surface area contributed by atoms with Crippen LogP contribution in [0.3, 0.4) is 0 Å². The average Bonchev–Trinajstić information content (AvgIpc) is 3.23. The van der Waals surface area contributed by atoms with E-state index < -0.39 is 10.0 Å². The molecule has 5 nitrogen and oxygen atoms in total. The first-order valence-corrected chi connectivity index (χ1v) is 8.98. The molecule has 1 amide bonds. The molecular formula is C15H19FN2O3S. The van der Waals surface area contributed by atoms with E-state index in [0.717, 1.165) is 18.4 Å². The highest BCUT2D eigenvalue weighted by Crippen LogP contribution is 2.34. The van der Waals surface area contributed by atoms with E-state index in [-0.39, 0.29) is 22.9 Å². The molecule has 0 spiro atoms. The molecule has 1 aliphatic heterocycles. The Kier molecular flexibility index (Phi) is 4.18. The van der Waals surface area contributed by atoms with Crippen molar-refractivity contribution in [1.29, 1.82) is 0 Å². The molecule has 1 N–H and O–H groups in total. The number of carbonyl (C=O) groups excluding carboxylic acids is 1. The molecular weight excluding hydrogens is 307 g/mol. The predicted octanol–water partition coefficient (Wildman–Crippen LogP) is 0.908. The largest absolute Gasteiger partial charge is 0.355 e. The molecule has 0 atom stereocenters. The second kappa shape index (κ2) is 5.96. The van der Waals surface area contributed by atoms with Crippen LogP contribution in [0, 0.1) is 11.7 Å². The summed E-state index contributed by atoms with van der Waals surface area (Å²) in [6, 6.07) is 6.16. The summed E-state index contributed by atoms with van der Waals surface area (Å²) in [6.07, 6.45) is 2.11. The molecule has 22 heavy (non-hydrogen) atoms. The van der Waals surface area contributed by atoms with Gasteiger partial charge in [-0.1, -0.05) is 12.1 Å². The fourth-order valence-electron chi connectivity index (χ4n) is 2.51. The fourth-order valence-corrected chi connectivity index (χ4v) is 4.44. The molecule has 0 radical (unpaired) electrons. The minimum Gasteiger partial charge on any atom is -0.355 e. The summed E-state index contributed by atoms with van der Waals surface area (Å²) in [7, 11) is -3.15. The van der Waals surface area contributed by atoms with Gasteiger partial charge in [-0.2, -0.15) is 4.31 Å². The third-order valence-corrected chi connectivity index (χ3v) is 6.48. The zero-order valence-electron chi connectivity index (χ0n) is 12.2. The van der Waals surface area contributed by atoms with Gasteiger partial charge < -0.3 is 5.32 Å². The van der Waals surface area contributed by atoms with Crippen molar-refractivity contribution in [2.75, 3.05) is 19.6 Å². The summed E-state index contributed by atoms with van der Waals surface area (Å²) in [4.78, 5) is 11.9. The number of halogens is 1. The van der Waals surface area contributed by atoms with Crippen LogP contribution in [-0.2, 0) is 21.2 Å². The zero-order chi connectivity index (χ0) is 15.7. The number of hydrogen-bond acceptors (Lipinski definition) is 3. The van der Waals surface area contributed by atoms with Gasteiger partial charge in [0.15, 0.2) is 0 Å². The number of nitrogens with zero attached hydrogens (tertiary/aromatic N) is 1. The van der Waals surface area contributed by atoms with E-state index in [2.05, 4.69) is 5.32 Å². The van der Waals surface area contributed by atoms with Gasteiger partial charge in [0, 0.05) is 19.6 Å². The maximum atomic E-state index is 12.8. The van der Waals surface area contributed by atoms with Gasteiger partial charge in [0.05, 0.1) is 11.2 Å². The first-order valence-electron chi connectivity index (χ1n) is 7.48. The topological polar surface area (TPSA) is 66.5 Å². The van der Waals surface area contributed by atoms with Gasteiger partial charge in [0.2, 0.25) is 15.9 Å². The fraction of sp³-hybridized carbons (Fsp3) is 0.533. The minimum atomic E-state index is -3.15. The van der Waals surface area contributed by atoms with Crippen molar-refractivity contribution in [1.82, 2.24) is 9.62 Å². The summed E-state index contributed by atoms with van der Waals surface area (Å²) in [5.74, 6) is -0.634. The smallest absolute Gasteiger partial charge is 0.225 e. The number of sulfonamides is 1. The zero-order valence-corrected chi connectivity index (χ0v) is 13.0. The molecule has 1 aliphatic carbocycles. The van der Waals surface area contributed by atoms with Crippen molar-refractivity contribution in [3.05, 3.63) is 35.6 Å². The molecule has 2 fully saturated rings. The predicted molar refractivity (Wildman–Crippen MR) is 80.1 cm³/mol. The van der Waals surface area contributed by atoms with Gasteiger partial charge in [0.1, 0.15) is 5.82 Å². The Morgan fingerprint density at radius 2 is 1.86 bits per heavy atom. The maximum absolute atomic E-state index is 12.8. The van der Waals surface area contributed by atoms with Crippen molar-refractivity contribution >= 4 is 15.9 Å². The van der Waals surface area contributed by atoms with E-state index in [1.54, 1.807) is 12.1 Å². The van der Waals surface area contributed by atoms with E-state index in [4.69, 9.17) is 0 Å². The molecule has 0 unspecified atom stereocenters. The normalized spacial score (nSPS) is 19.7. The molecule has 1 aromatic carbocycles. The molecule has 3 rings (SSSR count). The number of hydrogen-bond donors (Lipinski definition) is 1. The lowest BCUT2D eigenvalue weighted by Crippen LogP contribution is -2.56. The van der Waals surface area contributed by atoms with Crippen molar-refractivity contribution < 1.29 is 17.6 Å². The van der Waals surface area contributed by atoms with Crippen molar-refractivity contribution in [2.24, 2.45) is 5.92 Å². The number of carbonyl (C=O) groups is 1. The molecule has 1 aromatic rings. The van der Waals surface area contributed by atoms with Crippen molar-refractivity contribution in [3.63, 3.8) is 0 Å². The van der Waals surface area contributed by atoms with Crippen molar-refractivity contribution in [3.8, 4) is 0 Å². The van der Waals surface area contributed by atoms with Gasteiger partial charge >= 0.3 is 0 Å². The molecule has 1 saturated carbocycles. The Morgan fingerprint density at radius 3 is 2.45 bits per heavy atom. The Bertz CT molecular complexity index is 650. The van der Waals surface area contributed by atoms with Crippen LogP contribution in [0.2, 0.25) is 0 Å². The highest BCUT2D eigenvalue weighted by atomic mass is 32.2. The summed E-state index contributed by atoms with van der Waals surface area (Å²) < 4.78 is 38.0. The van der Waals surface area contributed by atoms with Crippen LogP contribution in [-0.4, -0.2) is 43.5 Å². The Labute approximate surface area is 129 Å². The van der Waals surface area contributed by atoms with Crippen LogP contribution < -0.4 is 5.32 Å². The summed E-state index contributed by atoms with van der Waals surface area (Å²) in [6.45, 7) is 1.05.